The van der Waals surface area contributed by atoms with Crippen LogP contribution in [0.4, 0.5) is 0 Å². The second-order valence-corrected chi connectivity index (χ2v) is 5.43. The zero-order valence-corrected chi connectivity index (χ0v) is 16.3. The molecule has 0 aliphatic carbocycles. The SMILES string of the molecule is C=CCCCN(C)C(=NCCC(=O)N1CCCC1)NCC.I. The molecule has 1 saturated heterocycles. The minimum atomic E-state index is 0. The van der Waals surface area contributed by atoms with Gasteiger partial charge < -0.3 is 15.1 Å². The van der Waals surface area contributed by atoms with E-state index in [0.29, 0.717) is 13.0 Å². The fraction of sp³-hybridized carbons (Fsp3) is 0.750. The van der Waals surface area contributed by atoms with Crippen LogP contribution >= 0.6 is 24.0 Å². The Morgan fingerprint density at radius 2 is 2.09 bits per heavy atom. The van der Waals surface area contributed by atoms with Crippen molar-refractivity contribution >= 4 is 35.8 Å². The molecule has 5 nitrogen and oxygen atoms in total. The summed E-state index contributed by atoms with van der Waals surface area (Å²) in [6.45, 7) is 9.98. The Morgan fingerprint density at radius 1 is 1.41 bits per heavy atom. The molecule has 1 amide bonds. The van der Waals surface area contributed by atoms with Crippen molar-refractivity contribution in [1.82, 2.24) is 15.1 Å². The summed E-state index contributed by atoms with van der Waals surface area (Å²) in [5.74, 6) is 1.12. The molecule has 1 N–H and O–H groups in total. The summed E-state index contributed by atoms with van der Waals surface area (Å²) in [7, 11) is 2.03. The Labute approximate surface area is 152 Å². The Morgan fingerprint density at radius 3 is 2.68 bits per heavy atom. The molecule has 0 spiro atoms. The van der Waals surface area contributed by atoms with E-state index >= 15 is 0 Å². The lowest BCUT2D eigenvalue weighted by Gasteiger charge is -2.22. The molecule has 0 aromatic rings. The average Bonchev–Trinajstić information content (AvgIpc) is 3.00. The predicted molar refractivity (Wildman–Crippen MR) is 104 cm³/mol. The van der Waals surface area contributed by atoms with Gasteiger partial charge in [0, 0.05) is 39.6 Å². The molecule has 1 aliphatic rings. The average molecular weight is 422 g/mol. The zero-order valence-electron chi connectivity index (χ0n) is 14.0. The van der Waals surface area contributed by atoms with E-state index < -0.39 is 0 Å². The van der Waals surface area contributed by atoms with Gasteiger partial charge in [-0.1, -0.05) is 6.08 Å². The van der Waals surface area contributed by atoms with Crippen molar-refractivity contribution < 1.29 is 4.79 Å². The van der Waals surface area contributed by atoms with Crippen LogP contribution in [0.25, 0.3) is 0 Å². The minimum absolute atomic E-state index is 0. The number of likely N-dealkylation sites (tertiary alicyclic amines) is 1. The van der Waals surface area contributed by atoms with Gasteiger partial charge >= 0.3 is 0 Å². The quantitative estimate of drug-likeness (QED) is 0.215. The first-order valence-corrected chi connectivity index (χ1v) is 8.07. The van der Waals surface area contributed by atoms with Crippen LogP contribution < -0.4 is 5.32 Å². The molecule has 0 unspecified atom stereocenters. The van der Waals surface area contributed by atoms with E-state index in [1.54, 1.807) is 0 Å². The van der Waals surface area contributed by atoms with Crippen molar-refractivity contribution in [3.05, 3.63) is 12.7 Å². The first-order valence-electron chi connectivity index (χ1n) is 8.07. The highest BCUT2D eigenvalue weighted by Crippen LogP contribution is 2.08. The number of aliphatic imine (C=N–C) groups is 1. The highest BCUT2D eigenvalue weighted by molar-refractivity contribution is 14.0. The molecule has 128 valence electrons. The van der Waals surface area contributed by atoms with E-state index in [-0.39, 0.29) is 29.9 Å². The number of carbonyl (C=O) groups excluding carboxylic acids is 1. The molecule has 1 rings (SSSR count). The number of hydrogen-bond acceptors (Lipinski definition) is 2. The minimum Gasteiger partial charge on any atom is -0.357 e. The van der Waals surface area contributed by atoms with Gasteiger partial charge in [0.25, 0.3) is 0 Å². The van der Waals surface area contributed by atoms with E-state index in [4.69, 9.17) is 0 Å². The Bertz CT molecular complexity index is 354. The van der Waals surface area contributed by atoms with Gasteiger partial charge in [-0.25, -0.2) is 0 Å². The van der Waals surface area contributed by atoms with Gasteiger partial charge in [-0.05, 0) is 32.6 Å². The summed E-state index contributed by atoms with van der Waals surface area (Å²) >= 11 is 0. The van der Waals surface area contributed by atoms with Crippen LogP contribution in [-0.4, -0.2) is 61.4 Å². The van der Waals surface area contributed by atoms with Crippen LogP contribution in [0.15, 0.2) is 17.6 Å². The molecular weight excluding hydrogens is 391 g/mol. The predicted octanol–water partition coefficient (Wildman–Crippen LogP) is 2.48. The summed E-state index contributed by atoms with van der Waals surface area (Å²) in [6, 6.07) is 0. The number of allylic oxidation sites excluding steroid dienone is 1. The summed E-state index contributed by atoms with van der Waals surface area (Å²) < 4.78 is 0. The van der Waals surface area contributed by atoms with Crippen molar-refractivity contribution in [3.63, 3.8) is 0 Å². The molecule has 0 atom stereocenters. The third kappa shape index (κ3) is 8.00. The monoisotopic (exact) mass is 422 g/mol. The lowest BCUT2D eigenvalue weighted by molar-refractivity contribution is -0.129. The number of nitrogens with zero attached hydrogens (tertiary/aromatic N) is 3. The van der Waals surface area contributed by atoms with Gasteiger partial charge in [0.05, 0.1) is 6.54 Å². The fourth-order valence-electron chi connectivity index (χ4n) is 2.43. The maximum absolute atomic E-state index is 12.0. The molecule has 1 fully saturated rings. The van der Waals surface area contributed by atoms with Gasteiger partial charge in [0.15, 0.2) is 5.96 Å². The highest BCUT2D eigenvalue weighted by atomic mass is 127. The molecule has 0 saturated carbocycles. The maximum Gasteiger partial charge on any atom is 0.224 e. The Kier molecular flexibility index (Phi) is 12.3. The highest BCUT2D eigenvalue weighted by Gasteiger charge is 2.17. The van der Waals surface area contributed by atoms with Crippen LogP contribution in [0.2, 0.25) is 0 Å². The van der Waals surface area contributed by atoms with Gasteiger partial charge in [-0.3, -0.25) is 9.79 Å². The van der Waals surface area contributed by atoms with Crippen LogP contribution in [0.3, 0.4) is 0 Å². The number of amides is 1. The van der Waals surface area contributed by atoms with Gasteiger partial charge in [0.1, 0.15) is 0 Å². The summed E-state index contributed by atoms with van der Waals surface area (Å²) in [5, 5.41) is 3.28. The molecule has 0 aromatic heterocycles. The first kappa shape index (κ1) is 21.2. The number of hydrogen-bond donors (Lipinski definition) is 1. The normalized spacial score (nSPS) is 14.5. The molecule has 22 heavy (non-hydrogen) atoms. The van der Waals surface area contributed by atoms with Crippen molar-refractivity contribution in [2.45, 2.75) is 39.0 Å². The molecule has 1 heterocycles. The molecule has 0 radical (unpaired) electrons. The number of guanidine groups is 1. The molecular formula is C16H31IN4O. The van der Waals surface area contributed by atoms with Crippen molar-refractivity contribution in [2.75, 3.05) is 39.8 Å². The van der Waals surface area contributed by atoms with Crippen LogP contribution in [0, 0.1) is 0 Å². The number of rotatable bonds is 8. The summed E-state index contributed by atoms with van der Waals surface area (Å²) in [4.78, 5) is 20.6. The number of unbranched alkanes of at least 4 members (excludes halogenated alkanes) is 1. The van der Waals surface area contributed by atoms with Gasteiger partial charge in [0.2, 0.25) is 5.91 Å². The molecule has 1 aliphatic heterocycles. The number of halogens is 1. The zero-order chi connectivity index (χ0) is 15.5. The first-order chi connectivity index (χ1) is 10.2. The summed E-state index contributed by atoms with van der Waals surface area (Å²) in [5.41, 5.74) is 0. The van der Waals surface area contributed by atoms with Gasteiger partial charge in [-0.2, -0.15) is 0 Å². The van der Waals surface area contributed by atoms with Crippen LogP contribution in [-0.2, 0) is 4.79 Å². The lowest BCUT2D eigenvalue weighted by atomic mass is 10.3. The molecule has 0 bridgehead atoms. The van der Waals surface area contributed by atoms with Crippen LogP contribution in [0.1, 0.15) is 39.0 Å². The van der Waals surface area contributed by atoms with E-state index in [1.165, 1.54) is 0 Å². The van der Waals surface area contributed by atoms with E-state index in [9.17, 15) is 4.79 Å². The second kappa shape index (κ2) is 12.7. The molecule has 0 aromatic carbocycles. The maximum atomic E-state index is 12.0. The van der Waals surface area contributed by atoms with Crippen molar-refractivity contribution in [3.8, 4) is 0 Å². The largest absolute Gasteiger partial charge is 0.357 e. The molecule has 6 heteroatoms. The second-order valence-electron chi connectivity index (χ2n) is 5.43. The van der Waals surface area contributed by atoms with E-state index in [1.807, 2.05) is 18.0 Å². The van der Waals surface area contributed by atoms with Crippen molar-refractivity contribution in [2.24, 2.45) is 4.99 Å². The van der Waals surface area contributed by atoms with E-state index in [2.05, 4.69) is 28.7 Å². The topological polar surface area (TPSA) is 47.9 Å². The lowest BCUT2D eigenvalue weighted by Crippen LogP contribution is -2.39. The smallest absolute Gasteiger partial charge is 0.224 e. The van der Waals surface area contributed by atoms with Crippen molar-refractivity contribution in [1.29, 1.82) is 0 Å². The van der Waals surface area contributed by atoms with Gasteiger partial charge in [-0.15, -0.1) is 30.6 Å². The standard InChI is InChI=1S/C16H30N4O.HI/c1-4-6-7-12-19(3)16(17-5-2)18-11-10-15(21)20-13-8-9-14-20;/h4H,1,5-14H2,2-3H3,(H,17,18);1H. The fourth-order valence-corrected chi connectivity index (χ4v) is 2.43. The Hall–Kier alpha value is -0.790. The van der Waals surface area contributed by atoms with Crippen LogP contribution in [0.5, 0.6) is 0 Å². The third-order valence-electron chi connectivity index (χ3n) is 3.64. The third-order valence-corrected chi connectivity index (χ3v) is 3.64. The Balaban J connectivity index is 0.00000441. The van der Waals surface area contributed by atoms with E-state index in [0.717, 1.165) is 57.8 Å². The number of nitrogens with one attached hydrogen (secondary N) is 1. The summed E-state index contributed by atoms with van der Waals surface area (Å²) in [6.07, 6.45) is 6.81. The number of carbonyl (C=O) groups is 1.